The number of ether oxygens (including phenoxy) is 2. The van der Waals surface area contributed by atoms with Crippen molar-refractivity contribution in [3.8, 4) is 5.75 Å². The van der Waals surface area contributed by atoms with Crippen LogP contribution in [0.4, 0.5) is 5.69 Å². The lowest BCUT2D eigenvalue weighted by Crippen LogP contribution is -2.37. The van der Waals surface area contributed by atoms with E-state index in [-0.39, 0.29) is 27.5 Å². The van der Waals surface area contributed by atoms with Crippen LogP contribution in [0.15, 0.2) is 47.4 Å². The average Bonchev–Trinajstić information content (AvgIpc) is 3.26. The quantitative estimate of drug-likeness (QED) is 0.599. The van der Waals surface area contributed by atoms with Crippen molar-refractivity contribution in [1.29, 1.82) is 0 Å². The van der Waals surface area contributed by atoms with Crippen molar-refractivity contribution in [2.45, 2.75) is 37.7 Å². The molecule has 1 N–H and O–H groups in total. The van der Waals surface area contributed by atoms with Crippen LogP contribution in [0, 0.1) is 0 Å². The van der Waals surface area contributed by atoms with E-state index in [9.17, 15) is 13.2 Å². The molecule has 0 bridgehead atoms. The molecule has 2 aromatic rings. The molecule has 1 fully saturated rings. The van der Waals surface area contributed by atoms with E-state index in [1.165, 1.54) is 12.1 Å². The molecule has 168 valence electrons. The summed E-state index contributed by atoms with van der Waals surface area (Å²) in [5.41, 5.74) is 0.626. The molecule has 1 aliphatic heterocycles. The van der Waals surface area contributed by atoms with E-state index in [2.05, 4.69) is 4.72 Å². The zero-order valence-electron chi connectivity index (χ0n) is 17.6. The molecule has 31 heavy (non-hydrogen) atoms. The summed E-state index contributed by atoms with van der Waals surface area (Å²) in [5.74, 6) is 0.383. The molecule has 1 unspecified atom stereocenters. The van der Waals surface area contributed by atoms with Gasteiger partial charge in [-0.2, -0.15) is 0 Å². The first-order valence-electron chi connectivity index (χ1n) is 10.3. The minimum Gasteiger partial charge on any atom is -0.494 e. The summed E-state index contributed by atoms with van der Waals surface area (Å²) < 4.78 is 39.4. The van der Waals surface area contributed by atoms with Crippen molar-refractivity contribution < 1.29 is 22.7 Å². The van der Waals surface area contributed by atoms with E-state index in [4.69, 9.17) is 21.1 Å². The fourth-order valence-corrected chi connectivity index (χ4v) is 5.00. The maximum atomic E-state index is 13.0. The van der Waals surface area contributed by atoms with E-state index in [1.54, 1.807) is 35.2 Å². The van der Waals surface area contributed by atoms with Crippen LogP contribution < -0.4 is 9.46 Å². The Labute approximate surface area is 188 Å². The molecule has 7 nitrogen and oxygen atoms in total. The zero-order chi connectivity index (χ0) is 22.4. The lowest BCUT2D eigenvalue weighted by atomic mass is 10.1. The number of sulfonamides is 1. The zero-order valence-corrected chi connectivity index (χ0v) is 19.2. The number of anilines is 1. The van der Waals surface area contributed by atoms with Crippen LogP contribution in [-0.4, -0.2) is 51.6 Å². The summed E-state index contributed by atoms with van der Waals surface area (Å²) in [6.45, 7) is 5.94. The lowest BCUT2D eigenvalue weighted by Gasteiger charge is -2.24. The molecule has 3 rings (SSSR count). The maximum Gasteiger partial charge on any atom is 0.263 e. The van der Waals surface area contributed by atoms with E-state index in [1.807, 2.05) is 13.8 Å². The van der Waals surface area contributed by atoms with Gasteiger partial charge in [0.05, 0.1) is 17.7 Å². The van der Waals surface area contributed by atoms with Crippen molar-refractivity contribution in [3.63, 3.8) is 0 Å². The highest BCUT2D eigenvalue weighted by molar-refractivity contribution is 7.92. The molecule has 0 spiro atoms. The molecule has 0 aliphatic carbocycles. The van der Waals surface area contributed by atoms with Gasteiger partial charge in [0.2, 0.25) is 0 Å². The molecule has 1 saturated heterocycles. The first kappa shape index (κ1) is 23.4. The molecule has 9 heteroatoms. The molecule has 2 aromatic carbocycles. The number of nitrogens with zero attached hydrogens (tertiary/aromatic N) is 1. The molecular weight excluding hydrogens is 440 g/mol. The van der Waals surface area contributed by atoms with E-state index in [0.717, 1.165) is 12.8 Å². The van der Waals surface area contributed by atoms with Crippen LogP contribution in [0.1, 0.15) is 37.0 Å². The van der Waals surface area contributed by atoms with Crippen LogP contribution in [0.3, 0.4) is 0 Å². The second-order valence-corrected chi connectivity index (χ2v) is 9.24. The van der Waals surface area contributed by atoms with E-state index in [0.29, 0.717) is 37.7 Å². The van der Waals surface area contributed by atoms with Crippen molar-refractivity contribution in [2.75, 3.05) is 31.0 Å². The highest BCUT2D eigenvalue weighted by Gasteiger charge is 2.25. The topological polar surface area (TPSA) is 84.9 Å². The summed E-state index contributed by atoms with van der Waals surface area (Å²) in [4.78, 5) is 14.5. The minimum atomic E-state index is -4.00. The third kappa shape index (κ3) is 5.90. The predicted octanol–water partition coefficient (Wildman–Crippen LogP) is 4.18. The fourth-order valence-electron chi connectivity index (χ4n) is 3.41. The first-order valence-corrected chi connectivity index (χ1v) is 12.2. The molecule has 1 aliphatic rings. The van der Waals surface area contributed by atoms with Crippen LogP contribution in [0.25, 0.3) is 0 Å². The van der Waals surface area contributed by atoms with E-state index < -0.39 is 10.0 Å². The largest absolute Gasteiger partial charge is 0.494 e. The lowest BCUT2D eigenvalue weighted by molar-refractivity contribution is 0.0539. The Kier molecular flexibility index (Phi) is 7.80. The number of hydrogen-bond donors (Lipinski definition) is 1. The Morgan fingerprint density at radius 2 is 1.97 bits per heavy atom. The number of hydrogen-bond acceptors (Lipinski definition) is 5. The van der Waals surface area contributed by atoms with Crippen molar-refractivity contribution in [3.05, 3.63) is 53.1 Å². The normalized spacial score (nSPS) is 16.2. The molecule has 0 radical (unpaired) electrons. The Hall–Kier alpha value is -2.29. The minimum absolute atomic E-state index is 0.0146. The summed E-state index contributed by atoms with van der Waals surface area (Å²) in [5, 5.41) is 0.0390. The number of rotatable bonds is 9. The van der Waals surface area contributed by atoms with Crippen molar-refractivity contribution >= 4 is 33.2 Å². The van der Waals surface area contributed by atoms with Gasteiger partial charge >= 0.3 is 0 Å². The summed E-state index contributed by atoms with van der Waals surface area (Å²) in [6, 6.07) is 10.8. The monoisotopic (exact) mass is 466 g/mol. The number of carbonyl (C=O) groups is 1. The number of likely N-dealkylation sites (N-methyl/N-ethyl adjacent to an activating group) is 1. The second kappa shape index (κ2) is 10.3. The van der Waals surface area contributed by atoms with Crippen LogP contribution in [0.5, 0.6) is 5.75 Å². The standard InChI is InChI=1S/C22H27ClN2O5S/c1-3-25(15-19-6-5-13-30-19)22(26)16-7-12-20(23)21(14-16)31(27,28)24-17-8-10-18(11-9-17)29-4-2/h7-12,14,19,24H,3-6,13,15H2,1-2H3. The first-order chi connectivity index (χ1) is 14.8. The molecule has 0 aromatic heterocycles. The van der Waals surface area contributed by atoms with Gasteiger partial charge in [-0.1, -0.05) is 11.6 Å². The van der Waals surface area contributed by atoms with Crippen LogP contribution in [-0.2, 0) is 14.8 Å². The fraction of sp³-hybridized carbons (Fsp3) is 0.409. The number of benzene rings is 2. The summed E-state index contributed by atoms with van der Waals surface area (Å²) in [7, 11) is -4.00. The third-order valence-electron chi connectivity index (χ3n) is 5.00. The predicted molar refractivity (Wildman–Crippen MR) is 120 cm³/mol. The number of carbonyl (C=O) groups excluding carboxylic acids is 1. The molecule has 1 atom stereocenters. The molecule has 1 heterocycles. The third-order valence-corrected chi connectivity index (χ3v) is 6.87. The highest BCUT2D eigenvalue weighted by atomic mass is 35.5. The van der Waals surface area contributed by atoms with Gasteiger partial charge in [0.1, 0.15) is 10.6 Å². The molecular formula is C22H27ClN2O5S. The van der Waals surface area contributed by atoms with Gasteiger partial charge < -0.3 is 14.4 Å². The van der Waals surface area contributed by atoms with Gasteiger partial charge in [-0.3, -0.25) is 9.52 Å². The molecule has 1 amide bonds. The Morgan fingerprint density at radius 3 is 2.58 bits per heavy atom. The number of amides is 1. The van der Waals surface area contributed by atoms with Gasteiger partial charge in [-0.25, -0.2) is 8.42 Å². The smallest absolute Gasteiger partial charge is 0.263 e. The Balaban J connectivity index is 1.80. The average molecular weight is 467 g/mol. The summed E-state index contributed by atoms with van der Waals surface area (Å²) >= 11 is 6.18. The summed E-state index contributed by atoms with van der Waals surface area (Å²) in [6.07, 6.45) is 1.91. The van der Waals surface area contributed by atoms with Crippen LogP contribution in [0.2, 0.25) is 5.02 Å². The SMILES string of the molecule is CCOc1ccc(NS(=O)(=O)c2cc(C(=O)N(CC)CC3CCCO3)ccc2Cl)cc1. The van der Waals surface area contributed by atoms with Gasteiger partial charge in [0, 0.05) is 30.9 Å². The van der Waals surface area contributed by atoms with Gasteiger partial charge in [0.25, 0.3) is 15.9 Å². The van der Waals surface area contributed by atoms with Crippen molar-refractivity contribution in [1.82, 2.24) is 4.90 Å². The van der Waals surface area contributed by atoms with Gasteiger partial charge in [-0.05, 0) is 69.2 Å². The van der Waals surface area contributed by atoms with Crippen LogP contribution >= 0.6 is 11.6 Å². The maximum absolute atomic E-state index is 13.0. The van der Waals surface area contributed by atoms with Gasteiger partial charge in [0.15, 0.2) is 0 Å². The van der Waals surface area contributed by atoms with Crippen molar-refractivity contribution in [2.24, 2.45) is 0 Å². The Bertz CT molecular complexity index is 1010. The second-order valence-electron chi connectivity index (χ2n) is 7.19. The number of nitrogens with one attached hydrogen (secondary N) is 1. The highest BCUT2D eigenvalue weighted by Crippen LogP contribution is 2.27. The molecule has 0 saturated carbocycles. The van der Waals surface area contributed by atoms with Gasteiger partial charge in [-0.15, -0.1) is 0 Å². The Morgan fingerprint density at radius 1 is 1.23 bits per heavy atom. The number of halogens is 1. The van der Waals surface area contributed by atoms with E-state index >= 15 is 0 Å².